The quantitative estimate of drug-likeness (QED) is 0.867. The van der Waals surface area contributed by atoms with E-state index in [0.29, 0.717) is 12.1 Å². The summed E-state index contributed by atoms with van der Waals surface area (Å²) in [5, 5.41) is 3.64. The van der Waals surface area contributed by atoms with Crippen LogP contribution in [0.15, 0.2) is 24.5 Å². The molecule has 1 aromatic rings. The fraction of sp³-hybridized carbons (Fsp3) is 0.667. The normalized spacial score (nSPS) is 22.1. The summed E-state index contributed by atoms with van der Waals surface area (Å²) in [6.07, 6.45) is 7.80. The molecule has 3 heteroatoms. The first-order valence-corrected chi connectivity index (χ1v) is 7.18. The van der Waals surface area contributed by atoms with Crippen LogP contribution >= 0.6 is 0 Å². The van der Waals surface area contributed by atoms with Crippen LogP contribution in [0.2, 0.25) is 0 Å². The molecule has 2 rings (SSSR count). The van der Waals surface area contributed by atoms with Crippen molar-refractivity contribution in [1.82, 2.24) is 15.2 Å². The Balaban J connectivity index is 1.95. The molecule has 1 aliphatic rings. The lowest BCUT2D eigenvalue weighted by Crippen LogP contribution is -2.44. The maximum Gasteiger partial charge on any atom is 0.0321 e. The molecule has 2 atom stereocenters. The molecule has 1 saturated heterocycles. The maximum atomic E-state index is 4.10. The Bertz CT molecular complexity index is 333. The first kappa shape index (κ1) is 13.5. The van der Waals surface area contributed by atoms with E-state index in [-0.39, 0.29) is 0 Å². The smallest absolute Gasteiger partial charge is 0.0321 e. The van der Waals surface area contributed by atoms with Crippen molar-refractivity contribution in [2.75, 3.05) is 19.6 Å². The lowest BCUT2D eigenvalue weighted by Gasteiger charge is -2.34. The predicted octanol–water partition coefficient (Wildman–Crippen LogP) is 2.61. The Labute approximate surface area is 111 Å². The van der Waals surface area contributed by atoms with Crippen molar-refractivity contribution in [3.05, 3.63) is 30.1 Å². The number of hydrogen-bond acceptors (Lipinski definition) is 3. The minimum atomic E-state index is 0.474. The van der Waals surface area contributed by atoms with Crippen molar-refractivity contribution < 1.29 is 0 Å². The third-order valence-electron chi connectivity index (χ3n) is 4.01. The zero-order chi connectivity index (χ0) is 12.8. The second-order valence-electron chi connectivity index (χ2n) is 5.19. The lowest BCUT2D eigenvalue weighted by molar-refractivity contribution is 0.184. The summed E-state index contributed by atoms with van der Waals surface area (Å²) in [5.74, 6) is 0. The second-order valence-corrected chi connectivity index (χ2v) is 5.19. The molecular formula is C15H25N3. The first-order chi connectivity index (χ1) is 8.81. The first-order valence-electron chi connectivity index (χ1n) is 7.18. The van der Waals surface area contributed by atoms with Crippen LogP contribution < -0.4 is 5.32 Å². The number of likely N-dealkylation sites (N-methyl/N-ethyl adjacent to an activating group) is 1. The van der Waals surface area contributed by atoms with Crippen molar-refractivity contribution in [3.63, 3.8) is 0 Å². The molecule has 0 radical (unpaired) electrons. The fourth-order valence-corrected chi connectivity index (χ4v) is 2.78. The maximum absolute atomic E-state index is 4.10. The molecule has 1 fully saturated rings. The van der Waals surface area contributed by atoms with Gasteiger partial charge in [0.25, 0.3) is 0 Å². The molecular weight excluding hydrogens is 222 g/mol. The van der Waals surface area contributed by atoms with E-state index in [0.717, 1.165) is 13.1 Å². The van der Waals surface area contributed by atoms with Gasteiger partial charge in [-0.3, -0.25) is 9.88 Å². The van der Waals surface area contributed by atoms with Crippen LogP contribution in [0.5, 0.6) is 0 Å². The molecule has 3 nitrogen and oxygen atoms in total. The SMILES string of the molecule is CCN(CC1CCCCN1)C(C)c1ccncc1. The van der Waals surface area contributed by atoms with Crippen LogP contribution in [0, 0.1) is 0 Å². The molecule has 1 aliphatic heterocycles. The zero-order valence-electron chi connectivity index (χ0n) is 11.6. The van der Waals surface area contributed by atoms with E-state index < -0.39 is 0 Å². The summed E-state index contributed by atoms with van der Waals surface area (Å²) in [5.41, 5.74) is 1.36. The van der Waals surface area contributed by atoms with Gasteiger partial charge in [0.1, 0.15) is 0 Å². The minimum Gasteiger partial charge on any atom is -0.313 e. The van der Waals surface area contributed by atoms with Crippen molar-refractivity contribution in [3.8, 4) is 0 Å². The summed E-state index contributed by atoms with van der Waals surface area (Å²) in [6.45, 7) is 7.98. The molecule has 0 aromatic carbocycles. The molecule has 100 valence electrons. The van der Waals surface area contributed by atoms with Gasteiger partial charge in [-0.2, -0.15) is 0 Å². The van der Waals surface area contributed by atoms with Gasteiger partial charge in [0.15, 0.2) is 0 Å². The highest BCUT2D eigenvalue weighted by Gasteiger charge is 2.20. The van der Waals surface area contributed by atoms with E-state index in [9.17, 15) is 0 Å². The third-order valence-corrected chi connectivity index (χ3v) is 4.01. The molecule has 0 saturated carbocycles. The van der Waals surface area contributed by atoms with Gasteiger partial charge < -0.3 is 5.32 Å². The fourth-order valence-electron chi connectivity index (χ4n) is 2.78. The number of nitrogens with one attached hydrogen (secondary N) is 1. The predicted molar refractivity (Wildman–Crippen MR) is 75.5 cm³/mol. The number of aromatic nitrogens is 1. The molecule has 1 aromatic heterocycles. The van der Waals surface area contributed by atoms with Crippen molar-refractivity contribution in [1.29, 1.82) is 0 Å². The average Bonchev–Trinajstić information content (AvgIpc) is 2.46. The minimum absolute atomic E-state index is 0.474. The van der Waals surface area contributed by atoms with E-state index in [1.165, 1.54) is 31.4 Å². The lowest BCUT2D eigenvalue weighted by atomic mass is 10.0. The standard InChI is InChI=1S/C15H25N3/c1-3-18(12-15-6-4-5-9-17-15)13(2)14-7-10-16-11-8-14/h7-8,10-11,13,15,17H,3-6,9,12H2,1-2H3. The Morgan fingerprint density at radius 3 is 2.78 bits per heavy atom. The summed E-state index contributed by atoms with van der Waals surface area (Å²) >= 11 is 0. The van der Waals surface area contributed by atoms with Gasteiger partial charge >= 0.3 is 0 Å². The molecule has 0 bridgehead atoms. The number of nitrogens with zero attached hydrogens (tertiary/aromatic N) is 2. The molecule has 18 heavy (non-hydrogen) atoms. The molecule has 1 N–H and O–H groups in total. The van der Waals surface area contributed by atoms with Crippen LogP contribution in [0.4, 0.5) is 0 Å². The van der Waals surface area contributed by atoms with Gasteiger partial charge in [-0.15, -0.1) is 0 Å². The molecule has 0 aliphatic carbocycles. The second kappa shape index (κ2) is 6.86. The summed E-state index contributed by atoms with van der Waals surface area (Å²) in [7, 11) is 0. The molecule has 0 spiro atoms. The van der Waals surface area contributed by atoms with Crippen LogP contribution in [0.25, 0.3) is 0 Å². The number of hydrogen-bond donors (Lipinski definition) is 1. The summed E-state index contributed by atoms with van der Waals surface area (Å²) < 4.78 is 0. The highest BCUT2D eigenvalue weighted by Crippen LogP contribution is 2.20. The van der Waals surface area contributed by atoms with Gasteiger partial charge in [0, 0.05) is 31.0 Å². The highest BCUT2D eigenvalue weighted by molar-refractivity contribution is 5.14. The average molecular weight is 247 g/mol. The van der Waals surface area contributed by atoms with Crippen LogP contribution in [0.3, 0.4) is 0 Å². The van der Waals surface area contributed by atoms with E-state index in [1.807, 2.05) is 12.4 Å². The van der Waals surface area contributed by atoms with Gasteiger partial charge in [0.05, 0.1) is 0 Å². The Morgan fingerprint density at radius 2 is 2.17 bits per heavy atom. The number of pyridine rings is 1. The van der Waals surface area contributed by atoms with E-state index in [1.54, 1.807) is 0 Å². The summed E-state index contributed by atoms with van der Waals surface area (Å²) in [6, 6.07) is 5.40. The topological polar surface area (TPSA) is 28.2 Å². The van der Waals surface area contributed by atoms with Crippen LogP contribution in [-0.4, -0.2) is 35.6 Å². The highest BCUT2D eigenvalue weighted by atomic mass is 15.2. The van der Waals surface area contributed by atoms with Crippen LogP contribution in [0.1, 0.15) is 44.7 Å². The van der Waals surface area contributed by atoms with Gasteiger partial charge in [-0.05, 0) is 50.6 Å². The largest absolute Gasteiger partial charge is 0.313 e. The molecule has 0 amide bonds. The van der Waals surface area contributed by atoms with Gasteiger partial charge in [0.2, 0.25) is 0 Å². The van der Waals surface area contributed by atoms with E-state index in [2.05, 4.69) is 41.2 Å². The van der Waals surface area contributed by atoms with Crippen molar-refractivity contribution in [2.45, 2.75) is 45.2 Å². The summed E-state index contributed by atoms with van der Waals surface area (Å²) in [4.78, 5) is 6.65. The van der Waals surface area contributed by atoms with E-state index >= 15 is 0 Å². The van der Waals surface area contributed by atoms with Gasteiger partial charge in [-0.25, -0.2) is 0 Å². The van der Waals surface area contributed by atoms with Crippen LogP contribution in [-0.2, 0) is 0 Å². The van der Waals surface area contributed by atoms with Gasteiger partial charge in [-0.1, -0.05) is 13.3 Å². The molecule has 2 heterocycles. The van der Waals surface area contributed by atoms with E-state index in [4.69, 9.17) is 0 Å². The number of piperidine rings is 1. The Kier molecular flexibility index (Phi) is 5.14. The zero-order valence-corrected chi connectivity index (χ0v) is 11.6. The Hall–Kier alpha value is -0.930. The third kappa shape index (κ3) is 3.53. The van der Waals surface area contributed by atoms with Crippen molar-refractivity contribution >= 4 is 0 Å². The number of rotatable bonds is 5. The molecule has 2 unspecified atom stereocenters. The Morgan fingerprint density at radius 1 is 1.39 bits per heavy atom. The van der Waals surface area contributed by atoms with Crippen molar-refractivity contribution in [2.24, 2.45) is 0 Å². The monoisotopic (exact) mass is 247 g/mol.